The summed E-state index contributed by atoms with van der Waals surface area (Å²) in [5, 5.41) is 3.71. The fourth-order valence-corrected chi connectivity index (χ4v) is 1.60. The normalized spacial score (nSPS) is 15.1. The maximum absolute atomic E-state index is 12.7. The lowest BCUT2D eigenvalue weighted by atomic mass is 9.91. The Morgan fingerprint density at radius 1 is 1.29 bits per heavy atom. The molecule has 2 nitrogen and oxygen atoms in total. The Bertz CT molecular complexity index is 385. The first-order valence-electron chi connectivity index (χ1n) is 5.74. The summed E-state index contributed by atoms with van der Waals surface area (Å²) in [5.41, 5.74) is -0.526. The van der Waals surface area contributed by atoms with Crippen molar-refractivity contribution < 1.29 is 13.2 Å². The van der Waals surface area contributed by atoms with Crippen LogP contribution in [-0.4, -0.2) is 9.78 Å². The molecule has 98 valence electrons. The van der Waals surface area contributed by atoms with E-state index in [1.807, 2.05) is 34.6 Å². The smallest absolute Gasteiger partial charge is 0.266 e. The van der Waals surface area contributed by atoms with Crippen molar-refractivity contribution in [2.24, 2.45) is 0 Å². The summed E-state index contributed by atoms with van der Waals surface area (Å²) < 4.78 is 39.5. The molecular weight excluding hydrogens is 229 g/mol. The second-order valence-electron chi connectivity index (χ2n) is 5.36. The Morgan fingerprint density at radius 2 is 1.82 bits per heavy atom. The molecule has 1 rings (SSSR count). The van der Waals surface area contributed by atoms with Crippen LogP contribution < -0.4 is 0 Å². The van der Waals surface area contributed by atoms with Crippen LogP contribution in [0, 0.1) is 0 Å². The van der Waals surface area contributed by atoms with Gasteiger partial charge in [-0.3, -0.25) is 4.68 Å². The highest BCUT2D eigenvalue weighted by molar-refractivity contribution is 5.20. The zero-order valence-corrected chi connectivity index (χ0v) is 10.9. The van der Waals surface area contributed by atoms with Gasteiger partial charge in [-0.25, -0.2) is 0 Å². The van der Waals surface area contributed by atoms with Gasteiger partial charge in [-0.2, -0.15) is 18.3 Å². The molecule has 0 N–H and O–H groups in total. The van der Waals surface area contributed by atoms with Gasteiger partial charge in [0.05, 0.1) is 0 Å². The van der Waals surface area contributed by atoms with Gasteiger partial charge in [0.2, 0.25) is 0 Å². The largest absolute Gasteiger partial charge is 0.435 e. The van der Waals surface area contributed by atoms with Gasteiger partial charge in [0.1, 0.15) is 0 Å². The third kappa shape index (κ3) is 3.01. The molecule has 1 aromatic heterocycles. The Hall–Kier alpha value is -1.00. The average Bonchev–Trinajstić information content (AvgIpc) is 2.59. The minimum atomic E-state index is -4.38. The van der Waals surface area contributed by atoms with Gasteiger partial charge >= 0.3 is 6.18 Å². The summed E-state index contributed by atoms with van der Waals surface area (Å²) in [7, 11) is 0. The Balaban J connectivity index is 3.32. The van der Waals surface area contributed by atoms with E-state index in [1.54, 1.807) is 0 Å². The number of aromatic nitrogens is 2. The van der Waals surface area contributed by atoms with E-state index in [-0.39, 0.29) is 11.5 Å². The van der Waals surface area contributed by atoms with Crippen LogP contribution in [0.25, 0.3) is 0 Å². The number of alkyl halides is 3. The quantitative estimate of drug-likeness (QED) is 0.768. The van der Waals surface area contributed by atoms with Gasteiger partial charge in [-0.15, -0.1) is 0 Å². The van der Waals surface area contributed by atoms with Gasteiger partial charge in [-0.05, 0) is 19.4 Å². The second-order valence-corrected chi connectivity index (χ2v) is 5.36. The fourth-order valence-electron chi connectivity index (χ4n) is 1.60. The van der Waals surface area contributed by atoms with E-state index >= 15 is 0 Å². The van der Waals surface area contributed by atoms with Crippen LogP contribution in [0.2, 0.25) is 0 Å². The maximum atomic E-state index is 12.7. The van der Waals surface area contributed by atoms with Crippen LogP contribution in [-0.2, 0) is 11.6 Å². The van der Waals surface area contributed by atoms with Crippen molar-refractivity contribution in [3.63, 3.8) is 0 Å². The van der Waals surface area contributed by atoms with Gasteiger partial charge in [0, 0.05) is 17.2 Å². The molecule has 0 radical (unpaired) electrons. The zero-order valence-electron chi connectivity index (χ0n) is 10.9. The highest BCUT2D eigenvalue weighted by Crippen LogP contribution is 2.33. The lowest BCUT2D eigenvalue weighted by molar-refractivity contribution is -0.141. The summed E-state index contributed by atoms with van der Waals surface area (Å²) >= 11 is 0. The molecule has 0 saturated heterocycles. The number of hydrogen-bond acceptors (Lipinski definition) is 1. The van der Waals surface area contributed by atoms with E-state index in [9.17, 15) is 13.2 Å². The number of hydrogen-bond donors (Lipinski definition) is 0. The summed E-state index contributed by atoms with van der Waals surface area (Å²) in [6.45, 7) is 9.49. The molecular formula is C12H19F3N2. The predicted molar refractivity (Wildman–Crippen MR) is 60.9 cm³/mol. The molecule has 0 saturated carbocycles. The summed E-state index contributed by atoms with van der Waals surface area (Å²) in [6, 6.07) is 1.13. The first-order valence-corrected chi connectivity index (χ1v) is 5.74. The van der Waals surface area contributed by atoms with Gasteiger partial charge in [0.15, 0.2) is 5.69 Å². The topological polar surface area (TPSA) is 17.8 Å². The molecule has 0 fully saturated rings. The van der Waals surface area contributed by atoms with E-state index in [0.717, 1.165) is 12.5 Å². The van der Waals surface area contributed by atoms with Crippen LogP contribution >= 0.6 is 0 Å². The van der Waals surface area contributed by atoms with Crippen molar-refractivity contribution in [3.05, 3.63) is 17.5 Å². The van der Waals surface area contributed by atoms with Crippen molar-refractivity contribution >= 4 is 0 Å². The molecule has 1 heterocycles. The van der Waals surface area contributed by atoms with Gasteiger partial charge < -0.3 is 0 Å². The summed E-state index contributed by atoms with van der Waals surface area (Å²) in [6.07, 6.45) is -3.62. The molecule has 0 aliphatic carbocycles. The minimum Gasteiger partial charge on any atom is -0.266 e. The molecule has 0 bridgehead atoms. The molecule has 0 aliphatic rings. The molecule has 0 amide bonds. The van der Waals surface area contributed by atoms with E-state index in [2.05, 4.69) is 5.10 Å². The van der Waals surface area contributed by atoms with Crippen molar-refractivity contribution in [3.8, 4) is 0 Å². The maximum Gasteiger partial charge on any atom is 0.435 e. The molecule has 17 heavy (non-hydrogen) atoms. The fraction of sp³-hybridized carbons (Fsp3) is 0.750. The standard InChI is InChI=1S/C12H19F3N2/c1-6-8(2)17-10(11(3,4)5)7-9(16-17)12(13,14)15/h7-8H,6H2,1-5H3. The molecule has 1 aromatic rings. The highest BCUT2D eigenvalue weighted by Gasteiger charge is 2.37. The van der Waals surface area contributed by atoms with E-state index in [1.165, 1.54) is 4.68 Å². The van der Waals surface area contributed by atoms with E-state index in [4.69, 9.17) is 0 Å². The van der Waals surface area contributed by atoms with E-state index < -0.39 is 11.9 Å². The Labute approximate surface area is 99.8 Å². The Morgan fingerprint density at radius 3 is 2.18 bits per heavy atom. The van der Waals surface area contributed by atoms with Gasteiger partial charge in [-0.1, -0.05) is 27.7 Å². The Kier molecular flexibility index (Phi) is 3.60. The average molecular weight is 248 g/mol. The van der Waals surface area contributed by atoms with Gasteiger partial charge in [0.25, 0.3) is 0 Å². The number of nitrogens with zero attached hydrogens (tertiary/aromatic N) is 2. The van der Waals surface area contributed by atoms with Crippen LogP contribution in [0.3, 0.4) is 0 Å². The molecule has 1 atom stereocenters. The lowest BCUT2D eigenvalue weighted by Gasteiger charge is -2.23. The summed E-state index contributed by atoms with van der Waals surface area (Å²) in [4.78, 5) is 0. The molecule has 0 aliphatic heterocycles. The SMILES string of the molecule is CCC(C)n1nc(C(F)(F)F)cc1C(C)(C)C. The highest BCUT2D eigenvalue weighted by atomic mass is 19.4. The number of halogens is 3. The number of rotatable bonds is 2. The van der Waals surface area contributed by atoms with Crippen molar-refractivity contribution in [2.75, 3.05) is 0 Å². The van der Waals surface area contributed by atoms with Crippen LogP contribution in [0.15, 0.2) is 6.07 Å². The van der Waals surface area contributed by atoms with Crippen molar-refractivity contribution in [2.45, 2.75) is 58.7 Å². The van der Waals surface area contributed by atoms with Crippen LogP contribution in [0.1, 0.15) is 58.5 Å². The van der Waals surface area contributed by atoms with E-state index in [0.29, 0.717) is 5.69 Å². The third-order valence-corrected chi connectivity index (χ3v) is 2.80. The van der Waals surface area contributed by atoms with Crippen molar-refractivity contribution in [1.29, 1.82) is 0 Å². The zero-order chi connectivity index (χ0) is 13.4. The molecule has 0 spiro atoms. The molecule has 5 heteroatoms. The van der Waals surface area contributed by atoms with Crippen LogP contribution in [0.5, 0.6) is 0 Å². The first kappa shape index (κ1) is 14.1. The molecule has 0 aromatic carbocycles. The lowest BCUT2D eigenvalue weighted by Crippen LogP contribution is -2.20. The third-order valence-electron chi connectivity index (χ3n) is 2.80. The first-order chi connectivity index (χ1) is 7.57. The summed E-state index contributed by atoms with van der Waals surface area (Å²) in [5.74, 6) is 0. The minimum absolute atomic E-state index is 0.0275. The predicted octanol–water partition coefficient (Wildman–Crippen LogP) is 4.17. The second kappa shape index (κ2) is 4.35. The monoisotopic (exact) mass is 248 g/mol. The van der Waals surface area contributed by atoms with Crippen molar-refractivity contribution in [1.82, 2.24) is 9.78 Å². The van der Waals surface area contributed by atoms with Crippen LogP contribution in [0.4, 0.5) is 13.2 Å². The molecule has 1 unspecified atom stereocenters.